The summed E-state index contributed by atoms with van der Waals surface area (Å²) in [6.07, 6.45) is 1.58. The summed E-state index contributed by atoms with van der Waals surface area (Å²) in [6.45, 7) is 1.62. The van der Waals surface area contributed by atoms with Crippen LogP contribution in [0.1, 0.15) is 12.5 Å². The number of cyclic esters (lactones) is 1. The van der Waals surface area contributed by atoms with Gasteiger partial charge in [-0.1, -0.05) is 0 Å². The van der Waals surface area contributed by atoms with E-state index in [1.807, 2.05) is 0 Å². The number of aliphatic imine (C=N–C) groups is 1. The molecule has 1 aromatic rings. The average molecular weight is 277 g/mol. The first kappa shape index (κ1) is 13.9. The zero-order valence-corrected chi connectivity index (χ0v) is 11.7. The number of hydrogen-bond donors (Lipinski definition) is 0. The highest BCUT2D eigenvalue weighted by molar-refractivity contribution is 6.06. The first-order valence-corrected chi connectivity index (χ1v) is 5.88. The maximum absolute atomic E-state index is 11.6. The molecule has 0 saturated carbocycles. The summed E-state index contributed by atoms with van der Waals surface area (Å²) in [5.74, 6) is 1.29. The lowest BCUT2D eigenvalue weighted by molar-refractivity contribution is -0.130. The van der Waals surface area contributed by atoms with Crippen molar-refractivity contribution in [2.24, 2.45) is 4.99 Å². The van der Waals surface area contributed by atoms with Crippen LogP contribution in [-0.4, -0.2) is 33.2 Å². The van der Waals surface area contributed by atoms with E-state index in [9.17, 15) is 4.79 Å². The molecule has 0 spiro atoms. The van der Waals surface area contributed by atoms with Gasteiger partial charge in [-0.15, -0.1) is 0 Å². The van der Waals surface area contributed by atoms with Crippen LogP contribution in [0.4, 0.5) is 0 Å². The van der Waals surface area contributed by atoms with Crippen LogP contribution in [0.5, 0.6) is 17.2 Å². The summed E-state index contributed by atoms with van der Waals surface area (Å²) >= 11 is 0. The normalized spacial score (nSPS) is 15.9. The van der Waals surface area contributed by atoms with Gasteiger partial charge >= 0.3 is 5.97 Å². The second-order valence-corrected chi connectivity index (χ2v) is 3.97. The predicted molar refractivity (Wildman–Crippen MR) is 73.3 cm³/mol. The summed E-state index contributed by atoms with van der Waals surface area (Å²) in [5, 5.41) is 0. The molecule has 0 radical (unpaired) electrons. The van der Waals surface area contributed by atoms with Crippen molar-refractivity contribution in [3.63, 3.8) is 0 Å². The Kier molecular flexibility index (Phi) is 3.93. The molecule has 0 bridgehead atoms. The Hall–Kier alpha value is -2.50. The third kappa shape index (κ3) is 2.45. The summed E-state index contributed by atoms with van der Waals surface area (Å²) in [7, 11) is 4.57. The second kappa shape index (κ2) is 5.64. The van der Waals surface area contributed by atoms with Gasteiger partial charge in [0.15, 0.2) is 23.1 Å². The van der Waals surface area contributed by atoms with Gasteiger partial charge < -0.3 is 18.9 Å². The summed E-state index contributed by atoms with van der Waals surface area (Å²) in [6, 6.07) is 3.48. The van der Waals surface area contributed by atoms with Crippen molar-refractivity contribution in [3.05, 3.63) is 23.4 Å². The molecular formula is C14H15NO5. The van der Waals surface area contributed by atoms with Crippen molar-refractivity contribution >= 4 is 17.9 Å². The minimum absolute atomic E-state index is 0.216. The van der Waals surface area contributed by atoms with Crippen LogP contribution in [0.25, 0.3) is 6.08 Å². The fourth-order valence-electron chi connectivity index (χ4n) is 1.90. The van der Waals surface area contributed by atoms with Gasteiger partial charge in [-0.25, -0.2) is 9.79 Å². The van der Waals surface area contributed by atoms with E-state index in [4.69, 9.17) is 18.9 Å². The second-order valence-electron chi connectivity index (χ2n) is 3.97. The summed E-state index contributed by atoms with van der Waals surface area (Å²) in [4.78, 5) is 15.6. The van der Waals surface area contributed by atoms with Gasteiger partial charge in [-0.2, -0.15) is 0 Å². The van der Waals surface area contributed by atoms with E-state index >= 15 is 0 Å². The topological polar surface area (TPSA) is 66.4 Å². The largest absolute Gasteiger partial charge is 0.493 e. The molecule has 1 aliphatic heterocycles. The molecule has 6 nitrogen and oxygen atoms in total. The van der Waals surface area contributed by atoms with Crippen LogP contribution in [0.3, 0.4) is 0 Å². The quantitative estimate of drug-likeness (QED) is 0.622. The molecule has 106 valence electrons. The lowest BCUT2D eigenvalue weighted by Gasteiger charge is -2.14. The number of methoxy groups -OCH3 is 3. The third-order valence-electron chi connectivity index (χ3n) is 2.75. The maximum atomic E-state index is 11.6. The number of nitrogens with zero attached hydrogens (tertiary/aromatic N) is 1. The molecule has 0 aromatic heterocycles. The van der Waals surface area contributed by atoms with E-state index < -0.39 is 5.97 Å². The van der Waals surface area contributed by atoms with E-state index in [0.29, 0.717) is 28.7 Å². The SMILES string of the molecule is COc1ccc(C=C2N=C(C)OC2=O)c(OC)c1OC. The Morgan fingerprint density at radius 2 is 1.80 bits per heavy atom. The zero-order valence-electron chi connectivity index (χ0n) is 11.7. The van der Waals surface area contributed by atoms with Gasteiger partial charge in [0.1, 0.15) is 0 Å². The Balaban J connectivity index is 2.53. The highest BCUT2D eigenvalue weighted by Gasteiger charge is 2.22. The standard InChI is InChI=1S/C14H15NO5/c1-8-15-10(14(16)20-8)7-9-5-6-11(17-2)13(19-4)12(9)18-3/h5-7H,1-4H3. The number of carbonyl (C=O) groups excluding carboxylic acids is 1. The van der Waals surface area contributed by atoms with Crippen LogP contribution in [0.2, 0.25) is 0 Å². The first-order chi connectivity index (χ1) is 9.60. The zero-order chi connectivity index (χ0) is 14.7. The Bertz CT molecular complexity index is 604. The van der Waals surface area contributed by atoms with Crippen LogP contribution < -0.4 is 14.2 Å². The molecule has 1 aromatic carbocycles. The van der Waals surface area contributed by atoms with Gasteiger partial charge in [-0.05, 0) is 18.2 Å². The molecule has 20 heavy (non-hydrogen) atoms. The molecule has 1 heterocycles. The molecular weight excluding hydrogens is 262 g/mol. The maximum Gasteiger partial charge on any atom is 0.363 e. The predicted octanol–water partition coefficient (Wildman–Crippen LogP) is 2.03. The molecule has 0 unspecified atom stereocenters. The summed E-state index contributed by atoms with van der Waals surface area (Å²) < 4.78 is 20.7. The summed E-state index contributed by atoms with van der Waals surface area (Å²) in [5.41, 5.74) is 0.864. The van der Waals surface area contributed by atoms with Crippen LogP contribution >= 0.6 is 0 Å². The van der Waals surface area contributed by atoms with Gasteiger partial charge in [0.2, 0.25) is 5.75 Å². The number of benzene rings is 1. The smallest absolute Gasteiger partial charge is 0.363 e. The van der Waals surface area contributed by atoms with Crippen LogP contribution in [0.15, 0.2) is 22.8 Å². The average Bonchev–Trinajstić information content (AvgIpc) is 2.76. The van der Waals surface area contributed by atoms with Crippen molar-refractivity contribution in [3.8, 4) is 17.2 Å². The van der Waals surface area contributed by atoms with E-state index in [1.165, 1.54) is 21.3 Å². The van der Waals surface area contributed by atoms with Crippen molar-refractivity contribution in [1.82, 2.24) is 0 Å². The number of esters is 1. The van der Waals surface area contributed by atoms with Gasteiger partial charge in [0.25, 0.3) is 0 Å². The van der Waals surface area contributed by atoms with Gasteiger partial charge in [-0.3, -0.25) is 0 Å². The fraction of sp³-hybridized carbons (Fsp3) is 0.286. The van der Waals surface area contributed by atoms with Gasteiger partial charge in [0.05, 0.1) is 21.3 Å². The lowest BCUT2D eigenvalue weighted by Crippen LogP contribution is -2.00. The Morgan fingerprint density at radius 3 is 2.30 bits per heavy atom. The minimum atomic E-state index is -0.487. The Morgan fingerprint density at radius 1 is 1.10 bits per heavy atom. The highest BCUT2D eigenvalue weighted by Crippen LogP contribution is 2.40. The molecule has 2 rings (SSSR count). The van der Waals surface area contributed by atoms with Crippen molar-refractivity contribution in [2.75, 3.05) is 21.3 Å². The Labute approximate surface area is 116 Å². The molecule has 0 amide bonds. The van der Waals surface area contributed by atoms with Gasteiger partial charge in [0, 0.05) is 12.5 Å². The van der Waals surface area contributed by atoms with E-state index in [1.54, 1.807) is 25.1 Å². The molecule has 0 fully saturated rings. The molecule has 0 saturated heterocycles. The number of ether oxygens (including phenoxy) is 4. The van der Waals surface area contributed by atoms with E-state index in [2.05, 4.69) is 4.99 Å². The van der Waals surface area contributed by atoms with E-state index in [-0.39, 0.29) is 5.70 Å². The number of hydrogen-bond acceptors (Lipinski definition) is 6. The number of carbonyl (C=O) groups is 1. The molecule has 0 atom stereocenters. The van der Waals surface area contributed by atoms with Crippen molar-refractivity contribution in [2.45, 2.75) is 6.92 Å². The number of rotatable bonds is 4. The first-order valence-electron chi connectivity index (χ1n) is 5.88. The molecule has 0 N–H and O–H groups in total. The minimum Gasteiger partial charge on any atom is -0.493 e. The molecule has 0 aliphatic carbocycles. The van der Waals surface area contributed by atoms with E-state index in [0.717, 1.165) is 0 Å². The lowest BCUT2D eigenvalue weighted by atomic mass is 10.1. The monoisotopic (exact) mass is 277 g/mol. The van der Waals surface area contributed by atoms with Crippen LogP contribution in [0, 0.1) is 0 Å². The van der Waals surface area contributed by atoms with Crippen LogP contribution in [-0.2, 0) is 9.53 Å². The fourth-order valence-corrected chi connectivity index (χ4v) is 1.90. The third-order valence-corrected chi connectivity index (χ3v) is 2.75. The highest BCUT2D eigenvalue weighted by atomic mass is 16.6. The molecule has 6 heteroatoms. The van der Waals surface area contributed by atoms with Crippen molar-refractivity contribution < 1.29 is 23.7 Å². The molecule has 1 aliphatic rings. The van der Waals surface area contributed by atoms with Crippen molar-refractivity contribution in [1.29, 1.82) is 0 Å².